The van der Waals surface area contributed by atoms with E-state index < -0.39 is 17.0 Å². The molecule has 7 nitrogen and oxygen atoms in total. The van der Waals surface area contributed by atoms with Crippen LogP contribution < -0.4 is 5.56 Å². The summed E-state index contributed by atoms with van der Waals surface area (Å²) in [4.78, 5) is 40.3. The topological polar surface area (TPSA) is 99.8 Å². The Labute approximate surface area is 219 Å². The van der Waals surface area contributed by atoms with Crippen molar-refractivity contribution in [1.82, 2.24) is 9.47 Å². The summed E-state index contributed by atoms with van der Waals surface area (Å²) in [6.07, 6.45) is 8.79. The quantitative estimate of drug-likeness (QED) is 0.559. The molecule has 1 saturated carbocycles. The molecule has 2 N–H and O–H groups in total. The molecule has 1 amide bonds. The largest absolute Gasteiger partial charge is 0.478 e. The van der Waals surface area contributed by atoms with Crippen molar-refractivity contribution in [2.24, 2.45) is 17.3 Å². The number of nitrogens with zero attached hydrogens (tertiary/aromatic N) is 2. The zero-order valence-electron chi connectivity index (χ0n) is 22.3. The zero-order chi connectivity index (χ0) is 26.8. The maximum Gasteiger partial charge on any atom is 0.337 e. The van der Waals surface area contributed by atoms with Crippen LogP contribution in [0.25, 0.3) is 11.1 Å². The van der Waals surface area contributed by atoms with Crippen molar-refractivity contribution in [3.8, 4) is 11.1 Å². The Kier molecular flexibility index (Phi) is 7.93. The van der Waals surface area contributed by atoms with Gasteiger partial charge < -0.3 is 19.7 Å². The highest BCUT2D eigenvalue weighted by molar-refractivity contribution is 5.95. The van der Waals surface area contributed by atoms with E-state index in [1.165, 1.54) is 48.9 Å². The van der Waals surface area contributed by atoms with Crippen LogP contribution in [0.3, 0.4) is 0 Å². The molecule has 2 aromatic rings. The van der Waals surface area contributed by atoms with Crippen LogP contribution in [0.15, 0.2) is 47.4 Å². The Balaban J connectivity index is 1.51. The van der Waals surface area contributed by atoms with Crippen LogP contribution in [-0.4, -0.2) is 50.2 Å². The fourth-order valence-electron chi connectivity index (χ4n) is 6.18. The van der Waals surface area contributed by atoms with Gasteiger partial charge in [-0.15, -0.1) is 0 Å². The second kappa shape index (κ2) is 10.8. The van der Waals surface area contributed by atoms with Gasteiger partial charge in [-0.25, -0.2) is 4.79 Å². The molecule has 0 spiro atoms. The zero-order valence-corrected chi connectivity index (χ0v) is 22.3. The molecular weight excluding hydrogens is 468 g/mol. The summed E-state index contributed by atoms with van der Waals surface area (Å²) in [5, 5.41) is 21.6. The first kappa shape index (κ1) is 27.1. The molecule has 1 aliphatic heterocycles. The lowest BCUT2D eigenvalue weighted by Gasteiger charge is -2.51. The van der Waals surface area contributed by atoms with E-state index in [1.54, 1.807) is 24.3 Å². The summed E-state index contributed by atoms with van der Waals surface area (Å²) in [5.74, 6) is -0.419. The van der Waals surface area contributed by atoms with Crippen LogP contribution in [-0.2, 0) is 11.3 Å². The fraction of sp³-hybridized carbons (Fsp3) is 0.567. The molecule has 200 valence electrons. The van der Waals surface area contributed by atoms with Gasteiger partial charge in [-0.05, 0) is 24.3 Å². The van der Waals surface area contributed by atoms with Gasteiger partial charge in [0.2, 0.25) is 5.91 Å². The minimum absolute atomic E-state index is 0.0105. The molecule has 2 aliphatic rings. The van der Waals surface area contributed by atoms with E-state index in [4.69, 9.17) is 0 Å². The van der Waals surface area contributed by atoms with Gasteiger partial charge in [0, 0.05) is 42.2 Å². The summed E-state index contributed by atoms with van der Waals surface area (Å²) in [5.41, 5.74) is -1.31. The third-order valence-electron chi connectivity index (χ3n) is 8.66. The second-order valence-corrected chi connectivity index (χ2v) is 11.8. The first-order chi connectivity index (χ1) is 17.5. The maximum atomic E-state index is 13.3. The van der Waals surface area contributed by atoms with E-state index in [2.05, 4.69) is 0 Å². The smallest absolute Gasteiger partial charge is 0.337 e. The third-order valence-corrected chi connectivity index (χ3v) is 8.66. The lowest BCUT2D eigenvalue weighted by molar-refractivity contribution is -0.157. The van der Waals surface area contributed by atoms with Crippen molar-refractivity contribution >= 4 is 11.9 Å². The van der Waals surface area contributed by atoms with Gasteiger partial charge in [0.05, 0.1) is 17.7 Å². The van der Waals surface area contributed by atoms with Gasteiger partial charge in [0.25, 0.3) is 5.56 Å². The van der Waals surface area contributed by atoms with Crippen LogP contribution in [0.2, 0.25) is 0 Å². The van der Waals surface area contributed by atoms with Crippen molar-refractivity contribution in [1.29, 1.82) is 0 Å². The Morgan fingerprint density at radius 1 is 1.11 bits per heavy atom. The summed E-state index contributed by atoms with van der Waals surface area (Å²) in [7, 11) is 0. The number of carbonyl (C=O) groups is 2. The minimum atomic E-state index is -1.27. The number of piperidine rings is 1. The number of hydrogen-bond donors (Lipinski definition) is 2. The highest BCUT2D eigenvalue weighted by Gasteiger charge is 2.49. The molecule has 2 atom stereocenters. The number of amides is 1. The number of hydrogen-bond acceptors (Lipinski definition) is 4. The van der Waals surface area contributed by atoms with Crippen LogP contribution in [0.4, 0.5) is 0 Å². The Morgan fingerprint density at radius 3 is 2.41 bits per heavy atom. The molecule has 37 heavy (non-hydrogen) atoms. The van der Waals surface area contributed by atoms with Gasteiger partial charge in [0.1, 0.15) is 0 Å². The molecular formula is C30H40N2O5. The van der Waals surface area contributed by atoms with E-state index in [0.717, 1.165) is 6.42 Å². The van der Waals surface area contributed by atoms with Gasteiger partial charge in [-0.1, -0.05) is 83.2 Å². The lowest BCUT2D eigenvalue weighted by Crippen LogP contribution is -2.61. The van der Waals surface area contributed by atoms with E-state index in [9.17, 15) is 24.6 Å². The molecule has 1 aromatic carbocycles. The SMILES string of the molecule is C[C@H](CC1CCCCC1)C(=O)N1CC[C@](O)(Cn2cc(C(=O)O)c(-c3ccccc3)cc2=O)C(C)(C)C1. The van der Waals surface area contributed by atoms with Gasteiger partial charge in [-0.2, -0.15) is 0 Å². The predicted molar refractivity (Wildman–Crippen MR) is 143 cm³/mol. The molecule has 4 rings (SSSR count). The molecule has 0 bridgehead atoms. The first-order valence-corrected chi connectivity index (χ1v) is 13.6. The summed E-state index contributed by atoms with van der Waals surface area (Å²) >= 11 is 0. The van der Waals surface area contributed by atoms with Crippen molar-refractivity contribution in [3.05, 3.63) is 58.5 Å². The first-order valence-electron chi connectivity index (χ1n) is 13.6. The van der Waals surface area contributed by atoms with Gasteiger partial charge in [-0.3, -0.25) is 9.59 Å². The molecule has 1 saturated heterocycles. The monoisotopic (exact) mass is 508 g/mol. The number of pyridine rings is 1. The Hall–Kier alpha value is -2.93. The van der Waals surface area contributed by atoms with E-state index >= 15 is 0 Å². The van der Waals surface area contributed by atoms with Gasteiger partial charge >= 0.3 is 5.97 Å². The molecule has 1 aliphatic carbocycles. The molecule has 2 heterocycles. The van der Waals surface area contributed by atoms with Crippen LogP contribution in [0, 0.1) is 17.3 Å². The summed E-state index contributed by atoms with van der Waals surface area (Å²) in [6.45, 7) is 6.62. The molecule has 7 heteroatoms. The Morgan fingerprint density at radius 2 is 1.78 bits per heavy atom. The van der Waals surface area contributed by atoms with E-state index in [0.29, 0.717) is 36.6 Å². The maximum absolute atomic E-state index is 13.3. The van der Waals surface area contributed by atoms with E-state index in [-0.39, 0.29) is 29.5 Å². The highest BCUT2D eigenvalue weighted by Crippen LogP contribution is 2.41. The number of rotatable bonds is 7. The molecule has 0 radical (unpaired) electrons. The number of carboxylic acids is 1. The number of likely N-dealkylation sites (tertiary alicyclic amines) is 1. The fourth-order valence-corrected chi connectivity index (χ4v) is 6.18. The van der Waals surface area contributed by atoms with Crippen molar-refractivity contribution in [2.45, 2.75) is 77.9 Å². The standard InChI is InChI=1S/C30H40N2O5/c1-21(16-22-10-6-4-7-11-22)27(34)31-15-14-30(37,29(2,3)19-31)20-32-18-25(28(35)36)24(17-26(32)33)23-12-8-5-9-13-23/h5,8-9,12-13,17-18,21-22,37H,4,6-7,10-11,14-16,19-20H2,1-3H3,(H,35,36)/t21-,30+/m1/s1. The number of carboxylic acid groups (broad SMARTS) is 1. The third kappa shape index (κ3) is 5.82. The molecule has 1 aromatic heterocycles. The Bertz CT molecular complexity index is 1180. The number of aromatic carboxylic acids is 1. The van der Waals surface area contributed by atoms with E-state index in [1.807, 2.05) is 31.7 Å². The van der Waals surface area contributed by atoms with Crippen molar-refractivity contribution in [3.63, 3.8) is 0 Å². The minimum Gasteiger partial charge on any atom is -0.478 e. The lowest BCUT2D eigenvalue weighted by atomic mass is 9.69. The van der Waals surface area contributed by atoms with Crippen LogP contribution in [0.5, 0.6) is 0 Å². The number of carbonyl (C=O) groups excluding carboxylic acids is 1. The summed E-state index contributed by atoms with van der Waals surface area (Å²) < 4.78 is 1.31. The molecule has 0 unspecified atom stereocenters. The average Bonchev–Trinajstić information content (AvgIpc) is 2.87. The van der Waals surface area contributed by atoms with Crippen LogP contribution in [0.1, 0.15) is 76.1 Å². The average molecular weight is 509 g/mol. The second-order valence-electron chi connectivity index (χ2n) is 11.8. The molecule has 2 fully saturated rings. The number of aliphatic hydroxyl groups is 1. The summed E-state index contributed by atoms with van der Waals surface area (Å²) in [6, 6.07) is 10.3. The van der Waals surface area contributed by atoms with Crippen LogP contribution >= 0.6 is 0 Å². The normalized spacial score (nSPS) is 23.0. The van der Waals surface area contributed by atoms with Crippen molar-refractivity contribution in [2.75, 3.05) is 13.1 Å². The van der Waals surface area contributed by atoms with Gasteiger partial charge in [0.15, 0.2) is 0 Å². The number of aromatic nitrogens is 1. The predicted octanol–water partition coefficient (Wildman–Crippen LogP) is 4.81. The number of benzene rings is 1. The highest BCUT2D eigenvalue weighted by atomic mass is 16.4. The van der Waals surface area contributed by atoms with Crippen molar-refractivity contribution < 1.29 is 19.8 Å².